The van der Waals surface area contributed by atoms with Crippen molar-refractivity contribution in [2.45, 2.75) is 57.4 Å². The van der Waals surface area contributed by atoms with Crippen molar-refractivity contribution < 1.29 is 35.6 Å². The third-order valence-electron chi connectivity index (χ3n) is 2.83. The summed E-state index contributed by atoms with van der Waals surface area (Å²) in [5.41, 5.74) is 0. The van der Waals surface area contributed by atoms with E-state index < -0.39 is 32.1 Å². The molecule has 1 atom stereocenters. The van der Waals surface area contributed by atoms with E-state index in [1.165, 1.54) is 6.92 Å². The van der Waals surface area contributed by atoms with Crippen molar-refractivity contribution in [2.24, 2.45) is 0 Å². The van der Waals surface area contributed by atoms with Crippen molar-refractivity contribution in [2.75, 3.05) is 6.16 Å². The molecule has 9 heteroatoms. The van der Waals surface area contributed by atoms with Crippen LogP contribution in [0.2, 0.25) is 0 Å². The lowest BCUT2D eigenvalue weighted by atomic mass is 9.98. The Morgan fingerprint density at radius 3 is 2.05 bits per heavy atom. The third-order valence-corrected chi connectivity index (χ3v) is 4.73. The van der Waals surface area contributed by atoms with E-state index in [0.717, 1.165) is 19.3 Å². The number of rotatable bonds is 5. The van der Waals surface area contributed by atoms with Gasteiger partial charge < -0.3 is 4.52 Å². The molecule has 1 unspecified atom stereocenters. The van der Waals surface area contributed by atoms with E-state index in [-0.39, 0.29) is 0 Å². The van der Waals surface area contributed by atoms with Gasteiger partial charge in [-0.2, -0.15) is 22.0 Å². The summed E-state index contributed by atoms with van der Waals surface area (Å²) in [6.45, 7) is 1.19. The minimum atomic E-state index is -5.91. The topological polar surface area (TPSA) is 35.5 Å². The van der Waals surface area contributed by atoms with Gasteiger partial charge in [-0.15, -0.1) is 0 Å². The summed E-state index contributed by atoms with van der Waals surface area (Å²) in [4.78, 5) is 0. The van der Waals surface area contributed by atoms with Crippen molar-refractivity contribution in [1.82, 2.24) is 0 Å². The van der Waals surface area contributed by atoms with E-state index in [2.05, 4.69) is 4.52 Å². The standard InChI is InChI=1S/C10H16F5O3P/c1-2-19(16,17-8-6-4-3-5-7-8)18-10(14,15)9(11,12)13/h8H,2-7H2,1H3. The lowest BCUT2D eigenvalue weighted by Crippen LogP contribution is -2.38. The van der Waals surface area contributed by atoms with E-state index in [1.54, 1.807) is 0 Å². The van der Waals surface area contributed by atoms with Gasteiger partial charge in [0.2, 0.25) is 0 Å². The minimum Gasteiger partial charge on any atom is -0.305 e. The molecule has 1 rings (SSSR count). The lowest BCUT2D eigenvalue weighted by molar-refractivity contribution is -0.363. The van der Waals surface area contributed by atoms with Crippen LogP contribution >= 0.6 is 7.60 Å². The maximum absolute atomic E-state index is 12.8. The van der Waals surface area contributed by atoms with Gasteiger partial charge in [-0.1, -0.05) is 26.2 Å². The van der Waals surface area contributed by atoms with E-state index >= 15 is 0 Å². The Bertz CT molecular complexity index is 339. The first-order valence-corrected chi connectivity index (χ1v) is 7.75. The highest BCUT2D eigenvalue weighted by atomic mass is 31.2. The Morgan fingerprint density at radius 2 is 1.63 bits per heavy atom. The number of hydrogen-bond acceptors (Lipinski definition) is 3. The van der Waals surface area contributed by atoms with Crippen LogP contribution in [0.4, 0.5) is 22.0 Å². The normalized spacial score (nSPS) is 22.2. The fraction of sp³-hybridized carbons (Fsp3) is 1.00. The van der Waals surface area contributed by atoms with Gasteiger partial charge in [-0.05, 0) is 12.8 Å². The maximum Gasteiger partial charge on any atom is 0.483 e. The van der Waals surface area contributed by atoms with Crippen molar-refractivity contribution in [3.05, 3.63) is 0 Å². The largest absolute Gasteiger partial charge is 0.483 e. The molecule has 0 aromatic heterocycles. The van der Waals surface area contributed by atoms with Crippen LogP contribution in [0.25, 0.3) is 0 Å². The zero-order valence-electron chi connectivity index (χ0n) is 10.4. The first kappa shape index (κ1) is 16.9. The van der Waals surface area contributed by atoms with Gasteiger partial charge in [0.1, 0.15) is 0 Å². The Labute approximate surface area is 108 Å². The molecule has 1 aliphatic carbocycles. The molecule has 0 bridgehead atoms. The summed E-state index contributed by atoms with van der Waals surface area (Å²) in [6, 6.07) is 0. The average molecular weight is 310 g/mol. The quantitative estimate of drug-likeness (QED) is 0.544. The van der Waals surface area contributed by atoms with Crippen LogP contribution in [-0.4, -0.2) is 24.6 Å². The number of hydrogen-bond donors (Lipinski definition) is 0. The Morgan fingerprint density at radius 1 is 1.11 bits per heavy atom. The van der Waals surface area contributed by atoms with Gasteiger partial charge in [0.15, 0.2) is 0 Å². The summed E-state index contributed by atoms with van der Waals surface area (Å²) >= 11 is 0. The second-order valence-corrected chi connectivity index (χ2v) is 6.65. The smallest absolute Gasteiger partial charge is 0.305 e. The summed E-state index contributed by atoms with van der Waals surface area (Å²) in [6.07, 6.45) is -9.03. The summed E-state index contributed by atoms with van der Waals surface area (Å²) in [5.74, 6) is 0. The fourth-order valence-corrected chi connectivity index (χ4v) is 3.22. The SMILES string of the molecule is CCP(=O)(OC1CCCCC1)OC(F)(F)C(F)(F)F. The molecule has 0 saturated heterocycles. The molecular formula is C10H16F5O3P. The highest BCUT2D eigenvalue weighted by Gasteiger charge is 2.62. The third kappa shape index (κ3) is 4.68. The van der Waals surface area contributed by atoms with Crippen LogP contribution in [0.1, 0.15) is 39.0 Å². The second kappa shape index (κ2) is 6.06. The van der Waals surface area contributed by atoms with Crippen LogP contribution in [-0.2, 0) is 13.6 Å². The zero-order chi connectivity index (χ0) is 14.7. The molecule has 0 N–H and O–H groups in total. The predicted molar refractivity (Wildman–Crippen MR) is 58.2 cm³/mol. The summed E-state index contributed by atoms with van der Waals surface area (Å²) in [7, 11) is -4.46. The highest BCUT2D eigenvalue weighted by Crippen LogP contribution is 2.57. The maximum atomic E-state index is 12.8. The molecule has 0 radical (unpaired) electrons. The molecule has 0 spiro atoms. The van der Waals surface area contributed by atoms with E-state index in [4.69, 9.17) is 4.52 Å². The molecule has 114 valence electrons. The second-order valence-electron chi connectivity index (χ2n) is 4.40. The number of alkyl halides is 5. The Kier molecular flexibility index (Phi) is 5.37. The Hall–Kier alpha value is -0.200. The molecule has 1 aliphatic rings. The van der Waals surface area contributed by atoms with E-state index in [1.807, 2.05) is 0 Å². The molecule has 0 heterocycles. The predicted octanol–water partition coefficient (Wildman–Crippen LogP) is 4.72. The molecule has 1 fully saturated rings. The van der Waals surface area contributed by atoms with Gasteiger partial charge in [0.25, 0.3) is 0 Å². The van der Waals surface area contributed by atoms with Gasteiger partial charge in [0.05, 0.1) is 6.10 Å². The monoisotopic (exact) mass is 310 g/mol. The molecule has 0 aromatic carbocycles. The molecule has 0 amide bonds. The first-order chi connectivity index (χ1) is 8.60. The molecule has 0 aliphatic heterocycles. The van der Waals surface area contributed by atoms with Gasteiger partial charge in [-0.3, -0.25) is 4.57 Å². The van der Waals surface area contributed by atoms with Crippen molar-refractivity contribution >= 4 is 7.60 Å². The average Bonchev–Trinajstić information content (AvgIpc) is 2.28. The van der Waals surface area contributed by atoms with E-state index in [0.29, 0.717) is 12.8 Å². The van der Waals surface area contributed by atoms with Crippen LogP contribution in [0.5, 0.6) is 0 Å². The van der Waals surface area contributed by atoms with Crippen LogP contribution in [0.3, 0.4) is 0 Å². The van der Waals surface area contributed by atoms with Gasteiger partial charge in [0, 0.05) is 6.16 Å². The van der Waals surface area contributed by atoms with Gasteiger partial charge in [-0.25, -0.2) is 4.52 Å². The first-order valence-electron chi connectivity index (χ1n) is 6.02. The zero-order valence-corrected chi connectivity index (χ0v) is 11.3. The molecule has 1 saturated carbocycles. The van der Waals surface area contributed by atoms with E-state index in [9.17, 15) is 26.5 Å². The van der Waals surface area contributed by atoms with Crippen LogP contribution in [0.15, 0.2) is 0 Å². The van der Waals surface area contributed by atoms with Gasteiger partial charge >= 0.3 is 19.9 Å². The number of halogens is 5. The van der Waals surface area contributed by atoms with Crippen LogP contribution < -0.4 is 0 Å². The highest BCUT2D eigenvalue weighted by molar-refractivity contribution is 7.53. The fourth-order valence-electron chi connectivity index (χ4n) is 1.78. The van der Waals surface area contributed by atoms with Crippen molar-refractivity contribution in [3.63, 3.8) is 0 Å². The van der Waals surface area contributed by atoms with Crippen LogP contribution in [0, 0.1) is 0 Å². The Balaban J connectivity index is 2.72. The summed E-state index contributed by atoms with van der Waals surface area (Å²) < 4.78 is 81.9. The van der Waals surface area contributed by atoms with Crippen molar-refractivity contribution in [1.29, 1.82) is 0 Å². The minimum absolute atomic E-state index is 0.491. The molecule has 0 aromatic rings. The lowest BCUT2D eigenvalue weighted by Gasteiger charge is -2.29. The molecule has 19 heavy (non-hydrogen) atoms. The molecule has 3 nitrogen and oxygen atoms in total. The summed E-state index contributed by atoms with van der Waals surface area (Å²) in [5, 5.41) is 0. The molecular weight excluding hydrogens is 294 g/mol. The van der Waals surface area contributed by atoms with Crippen molar-refractivity contribution in [3.8, 4) is 0 Å².